The van der Waals surface area contributed by atoms with Gasteiger partial charge in [0.2, 0.25) is 0 Å². The Kier molecular flexibility index (Phi) is 4.73. The molecule has 2 amide bonds. The molecule has 2 heterocycles. The number of hydrogen-bond donors (Lipinski definition) is 2. The molecule has 0 bridgehead atoms. The van der Waals surface area contributed by atoms with Gasteiger partial charge in [-0.2, -0.15) is 0 Å². The third kappa shape index (κ3) is 4.20. The van der Waals surface area contributed by atoms with Gasteiger partial charge >= 0.3 is 12.0 Å². The van der Waals surface area contributed by atoms with Crippen molar-refractivity contribution in [2.45, 2.75) is 19.3 Å². The molecule has 2 N–H and O–H groups in total. The summed E-state index contributed by atoms with van der Waals surface area (Å²) in [5.74, 6) is -0.710. The fourth-order valence-electron chi connectivity index (χ4n) is 2.20. The summed E-state index contributed by atoms with van der Waals surface area (Å²) in [6.45, 7) is 1.74. The average molecular weight is 283 g/mol. The highest BCUT2D eigenvalue weighted by Gasteiger charge is 2.27. The predicted octanol–water partition coefficient (Wildman–Crippen LogP) is 1.19. The van der Waals surface area contributed by atoms with Crippen molar-refractivity contribution >= 4 is 23.3 Å². The van der Waals surface area contributed by atoms with Crippen LogP contribution in [0.1, 0.15) is 17.8 Å². The van der Waals surface area contributed by atoms with Crippen molar-refractivity contribution < 1.29 is 14.7 Å². The third-order valence-corrected chi connectivity index (χ3v) is 3.97. The second-order valence-corrected chi connectivity index (χ2v) is 5.59. The summed E-state index contributed by atoms with van der Waals surface area (Å²) in [4.78, 5) is 28.3. The molecule has 0 radical (unpaired) electrons. The number of urea groups is 1. The lowest BCUT2D eigenvalue weighted by molar-refractivity contribution is -0.138. The number of hydrogen-bond acceptors (Lipinski definition) is 4. The van der Waals surface area contributed by atoms with E-state index in [4.69, 9.17) is 5.11 Å². The van der Waals surface area contributed by atoms with Gasteiger partial charge < -0.3 is 15.3 Å². The molecule has 104 valence electrons. The molecular formula is C12H17N3O3S. The smallest absolute Gasteiger partial charge is 0.317 e. The fraction of sp³-hybridized carbons (Fsp3) is 0.583. The number of carboxylic acid groups (broad SMARTS) is 1. The Labute approximate surface area is 115 Å². The van der Waals surface area contributed by atoms with E-state index in [2.05, 4.69) is 10.3 Å². The lowest BCUT2D eigenvalue weighted by atomic mass is 10.1. The molecule has 0 saturated carbocycles. The molecule has 1 aromatic rings. The molecule has 0 spiro atoms. The van der Waals surface area contributed by atoms with Gasteiger partial charge in [0.15, 0.2) is 0 Å². The molecule has 6 nitrogen and oxygen atoms in total. The van der Waals surface area contributed by atoms with E-state index in [1.807, 2.05) is 5.38 Å². The zero-order chi connectivity index (χ0) is 13.7. The Morgan fingerprint density at radius 3 is 3.11 bits per heavy atom. The van der Waals surface area contributed by atoms with E-state index in [1.54, 1.807) is 22.4 Å². The van der Waals surface area contributed by atoms with Crippen LogP contribution >= 0.6 is 11.3 Å². The van der Waals surface area contributed by atoms with Crippen molar-refractivity contribution in [1.82, 2.24) is 15.2 Å². The van der Waals surface area contributed by atoms with Gasteiger partial charge in [0.25, 0.3) is 0 Å². The fourth-order valence-corrected chi connectivity index (χ4v) is 2.82. The Hall–Kier alpha value is -1.63. The van der Waals surface area contributed by atoms with Gasteiger partial charge in [0.05, 0.1) is 5.01 Å². The molecule has 2 rings (SSSR count). The van der Waals surface area contributed by atoms with Crippen LogP contribution in [-0.2, 0) is 11.2 Å². The number of amides is 2. The topological polar surface area (TPSA) is 82.5 Å². The highest BCUT2D eigenvalue weighted by atomic mass is 32.1. The summed E-state index contributed by atoms with van der Waals surface area (Å²) in [6.07, 6.45) is 3.39. The summed E-state index contributed by atoms with van der Waals surface area (Å²) in [7, 11) is 0. The number of rotatable bonds is 5. The van der Waals surface area contributed by atoms with Gasteiger partial charge in [0, 0.05) is 44.1 Å². The van der Waals surface area contributed by atoms with E-state index < -0.39 is 5.97 Å². The van der Waals surface area contributed by atoms with Crippen molar-refractivity contribution in [3.8, 4) is 0 Å². The molecule has 1 aromatic heterocycles. The van der Waals surface area contributed by atoms with E-state index in [9.17, 15) is 9.59 Å². The van der Waals surface area contributed by atoms with Gasteiger partial charge in [-0.05, 0) is 12.3 Å². The first-order valence-electron chi connectivity index (χ1n) is 6.28. The monoisotopic (exact) mass is 283 g/mol. The number of nitrogens with zero attached hydrogens (tertiary/aromatic N) is 2. The third-order valence-electron chi connectivity index (χ3n) is 3.13. The summed E-state index contributed by atoms with van der Waals surface area (Å²) in [5.41, 5.74) is 0. The first-order valence-corrected chi connectivity index (χ1v) is 7.16. The standard InChI is InChI=1S/C12H17N3O3S/c16-11(17)7-9-2-5-15(8-9)12(18)14-3-1-10-13-4-6-19-10/h4,6,9H,1-3,5,7-8H2,(H,14,18)(H,16,17). The predicted molar refractivity (Wildman–Crippen MR) is 71.1 cm³/mol. The maximum Gasteiger partial charge on any atom is 0.317 e. The van der Waals surface area contributed by atoms with Crippen molar-refractivity contribution in [2.24, 2.45) is 5.92 Å². The first-order chi connectivity index (χ1) is 9.15. The van der Waals surface area contributed by atoms with Crippen LogP contribution in [0.25, 0.3) is 0 Å². The molecule has 19 heavy (non-hydrogen) atoms. The second kappa shape index (κ2) is 6.51. The first kappa shape index (κ1) is 13.8. The number of aliphatic carboxylic acids is 1. The minimum atomic E-state index is -0.795. The van der Waals surface area contributed by atoms with Crippen molar-refractivity contribution in [1.29, 1.82) is 0 Å². The average Bonchev–Trinajstić information content (AvgIpc) is 2.99. The maximum absolute atomic E-state index is 11.9. The van der Waals surface area contributed by atoms with Crippen LogP contribution in [0.4, 0.5) is 4.79 Å². The van der Waals surface area contributed by atoms with Crippen LogP contribution in [-0.4, -0.2) is 46.6 Å². The van der Waals surface area contributed by atoms with E-state index in [-0.39, 0.29) is 18.4 Å². The number of nitrogens with one attached hydrogen (secondary N) is 1. The highest BCUT2D eigenvalue weighted by molar-refractivity contribution is 7.09. The largest absolute Gasteiger partial charge is 0.481 e. The number of likely N-dealkylation sites (tertiary alicyclic amines) is 1. The Bertz CT molecular complexity index is 435. The van der Waals surface area contributed by atoms with Gasteiger partial charge in [-0.25, -0.2) is 9.78 Å². The Balaban J connectivity index is 1.68. The molecule has 0 aromatic carbocycles. The van der Waals surface area contributed by atoms with E-state index in [0.717, 1.165) is 17.8 Å². The molecule has 1 atom stereocenters. The maximum atomic E-state index is 11.9. The molecule has 1 aliphatic rings. The van der Waals surface area contributed by atoms with Crippen molar-refractivity contribution in [3.05, 3.63) is 16.6 Å². The van der Waals surface area contributed by atoms with Gasteiger partial charge in [-0.3, -0.25) is 4.79 Å². The number of aromatic nitrogens is 1. The molecule has 1 aliphatic heterocycles. The Morgan fingerprint density at radius 2 is 2.42 bits per heavy atom. The lowest BCUT2D eigenvalue weighted by Gasteiger charge is -2.16. The zero-order valence-corrected chi connectivity index (χ0v) is 11.4. The molecule has 1 saturated heterocycles. The van der Waals surface area contributed by atoms with Crippen molar-refractivity contribution in [3.63, 3.8) is 0 Å². The normalized spacial score (nSPS) is 18.5. The lowest BCUT2D eigenvalue weighted by Crippen LogP contribution is -2.39. The summed E-state index contributed by atoms with van der Waals surface area (Å²) >= 11 is 1.57. The van der Waals surface area contributed by atoms with Gasteiger partial charge in [-0.15, -0.1) is 11.3 Å². The molecule has 1 fully saturated rings. The number of carbonyl (C=O) groups excluding carboxylic acids is 1. The zero-order valence-electron chi connectivity index (χ0n) is 10.5. The Morgan fingerprint density at radius 1 is 1.58 bits per heavy atom. The summed E-state index contributed by atoms with van der Waals surface area (Å²) in [5, 5.41) is 14.5. The van der Waals surface area contributed by atoms with E-state index in [0.29, 0.717) is 19.6 Å². The second-order valence-electron chi connectivity index (χ2n) is 4.61. The highest BCUT2D eigenvalue weighted by Crippen LogP contribution is 2.19. The minimum absolute atomic E-state index is 0.0854. The van der Waals surface area contributed by atoms with E-state index >= 15 is 0 Å². The van der Waals surface area contributed by atoms with Crippen LogP contribution in [0.3, 0.4) is 0 Å². The van der Waals surface area contributed by atoms with Crippen LogP contribution in [0.5, 0.6) is 0 Å². The van der Waals surface area contributed by atoms with Crippen LogP contribution in [0, 0.1) is 5.92 Å². The molecule has 1 unspecified atom stereocenters. The number of carbonyl (C=O) groups is 2. The quantitative estimate of drug-likeness (QED) is 0.850. The summed E-state index contributed by atoms with van der Waals surface area (Å²) in [6, 6.07) is -0.107. The molecule has 0 aliphatic carbocycles. The molecular weight excluding hydrogens is 266 g/mol. The van der Waals surface area contributed by atoms with Crippen LogP contribution in [0.15, 0.2) is 11.6 Å². The van der Waals surface area contributed by atoms with Crippen LogP contribution in [0.2, 0.25) is 0 Å². The minimum Gasteiger partial charge on any atom is -0.481 e. The SMILES string of the molecule is O=C(O)CC1CCN(C(=O)NCCc2nccs2)C1. The number of carboxylic acids is 1. The summed E-state index contributed by atoms with van der Waals surface area (Å²) < 4.78 is 0. The van der Waals surface area contributed by atoms with Crippen molar-refractivity contribution in [2.75, 3.05) is 19.6 Å². The number of thiazole rings is 1. The van der Waals surface area contributed by atoms with E-state index in [1.165, 1.54) is 0 Å². The van der Waals surface area contributed by atoms with Gasteiger partial charge in [0.1, 0.15) is 0 Å². The van der Waals surface area contributed by atoms with Gasteiger partial charge in [-0.1, -0.05) is 0 Å². The van der Waals surface area contributed by atoms with Crippen LogP contribution < -0.4 is 5.32 Å². The molecule has 7 heteroatoms.